The van der Waals surface area contributed by atoms with Crippen LogP contribution < -0.4 is 0 Å². The smallest absolute Gasteiger partial charge is 0.307 e. The maximum absolute atomic E-state index is 11.8. The van der Waals surface area contributed by atoms with E-state index in [-0.39, 0.29) is 17.9 Å². The van der Waals surface area contributed by atoms with Gasteiger partial charge in [-0.2, -0.15) is 0 Å². The third kappa shape index (κ3) is 6.35. The molecule has 0 saturated heterocycles. The molecule has 0 atom stereocenters. The molecule has 6 heteroatoms. The molecule has 1 rings (SSSR count). The van der Waals surface area contributed by atoms with Crippen LogP contribution in [-0.2, 0) is 31.5 Å². The van der Waals surface area contributed by atoms with Crippen LogP contribution in [0.2, 0.25) is 0 Å². The first-order valence-corrected chi connectivity index (χ1v) is 7.74. The number of rotatable bonds is 8. The molecule has 0 heterocycles. The average molecular weight is 286 g/mol. The Hall–Kier alpha value is -1.40. The van der Waals surface area contributed by atoms with E-state index in [1.807, 2.05) is 0 Å². The Bertz CT molecular complexity index is 504. The SMILES string of the molecule is COCCCS(=O)(=O)Cc1ccc(CC(=O)O)cc1. The number of carboxylic acid groups (broad SMARTS) is 1. The molecule has 0 aliphatic rings. The molecule has 19 heavy (non-hydrogen) atoms. The van der Waals surface area contributed by atoms with E-state index in [1.165, 1.54) is 7.11 Å². The van der Waals surface area contributed by atoms with Gasteiger partial charge in [-0.1, -0.05) is 24.3 Å². The fourth-order valence-electron chi connectivity index (χ4n) is 1.68. The first-order chi connectivity index (χ1) is 8.93. The molecule has 5 nitrogen and oxygen atoms in total. The summed E-state index contributed by atoms with van der Waals surface area (Å²) in [5, 5.41) is 8.64. The lowest BCUT2D eigenvalue weighted by atomic mass is 10.1. The van der Waals surface area contributed by atoms with E-state index in [1.54, 1.807) is 24.3 Å². The highest BCUT2D eigenvalue weighted by atomic mass is 32.2. The molecule has 106 valence electrons. The fourth-order valence-corrected chi connectivity index (χ4v) is 3.08. The van der Waals surface area contributed by atoms with Gasteiger partial charge in [-0.3, -0.25) is 4.79 Å². The molecule has 0 aliphatic heterocycles. The molecule has 0 aliphatic carbocycles. The normalized spacial score (nSPS) is 11.4. The summed E-state index contributed by atoms with van der Waals surface area (Å²) in [5.41, 5.74) is 1.33. The maximum Gasteiger partial charge on any atom is 0.307 e. The van der Waals surface area contributed by atoms with E-state index in [9.17, 15) is 13.2 Å². The van der Waals surface area contributed by atoms with E-state index in [0.717, 1.165) is 0 Å². The van der Waals surface area contributed by atoms with Gasteiger partial charge >= 0.3 is 5.97 Å². The standard InChI is InChI=1S/C13H18O5S/c1-18-7-2-8-19(16,17)10-12-5-3-11(4-6-12)9-13(14)15/h3-6H,2,7-10H2,1H3,(H,14,15). The second-order valence-electron chi connectivity index (χ2n) is 4.33. The number of methoxy groups -OCH3 is 1. The Morgan fingerprint density at radius 3 is 2.32 bits per heavy atom. The molecule has 0 radical (unpaired) electrons. The predicted octanol–water partition coefficient (Wildman–Crippen LogP) is 1.26. The van der Waals surface area contributed by atoms with Crippen LogP contribution in [0, 0.1) is 0 Å². The van der Waals surface area contributed by atoms with E-state index in [0.29, 0.717) is 24.2 Å². The number of carboxylic acids is 1. The van der Waals surface area contributed by atoms with Crippen molar-refractivity contribution < 1.29 is 23.1 Å². The zero-order valence-electron chi connectivity index (χ0n) is 10.8. The Morgan fingerprint density at radius 2 is 1.79 bits per heavy atom. The van der Waals surface area contributed by atoms with E-state index >= 15 is 0 Å². The zero-order chi connectivity index (χ0) is 14.3. The molecular formula is C13H18O5S. The molecule has 1 N–H and O–H groups in total. The predicted molar refractivity (Wildman–Crippen MR) is 71.8 cm³/mol. The van der Waals surface area contributed by atoms with Gasteiger partial charge < -0.3 is 9.84 Å². The second-order valence-corrected chi connectivity index (χ2v) is 6.51. The molecule has 0 unspecified atom stereocenters. The van der Waals surface area contributed by atoms with Gasteiger partial charge in [0.1, 0.15) is 0 Å². The minimum absolute atomic E-state index is 0.0237. The number of hydrogen-bond acceptors (Lipinski definition) is 4. The van der Waals surface area contributed by atoms with Gasteiger partial charge in [0.05, 0.1) is 17.9 Å². The topological polar surface area (TPSA) is 80.7 Å². The summed E-state index contributed by atoms with van der Waals surface area (Å²) in [6.07, 6.45) is 0.427. The lowest BCUT2D eigenvalue weighted by Crippen LogP contribution is -2.11. The van der Waals surface area contributed by atoms with Crippen molar-refractivity contribution in [3.63, 3.8) is 0 Å². The van der Waals surface area contributed by atoms with Crippen molar-refractivity contribution in [1.82, 2.24) is 0 Å². The summed E-state index contributed by atoms with van der Waals surface area (Å²) < 4.78 is 28.4. The van der Waals surface area contributed by atoms with Crippen LogP contribution in [0.3, 0.4) is 0 Å². The van der Waals surface area contributed by atoms with Crippen LogP contribution in [0.1, 0.15) is 17.5 Å². The Labute approximate surface area is 113 Å². The summed E-state index contributed by atoms with van der Waals surface area (Å²) in [5.74, 6) is -0.832. The number of carbonyl (C=O) groups is 1. The molecule has 0 aromatic heterocycles. The highest BCUT2D eigenvalue weighted by Crippen LogP contribution is 2.10. The summed E-state index contributed by atoms with van der Waals surface area (Å²) >= 11 is 0. The monoisotopic (exact) mass is 286 g/mol. The quantitative estimate of drug-likeness (QED) is 0.728. The van der Waals surface area contributed by atoms with Crippen molar-refractivity contribution in [2.75, 3.05) is 19.5 Å². The molecule has 1 aromatic carbocycles. The summed E-state index contributed by atoms with van der Waals surface area (Å²) in [7, 11) is -1.60. The molecule has 0 saturated carbocycles. The molecule has 0 bridgehead atoms. The van der Waals surface area contributed by atoms with Gasteiger partial charge in [0.25, 0.3) is 0 Å². The lowest BCUT2D eigenvalue weighted by Gasteiger charge is -2.05. The third-order valence-corrected chi connectivity index (χ3v) is 4.25. The summed E-state index contributed by atoms with van der Waals surface area (Å²) in [4.78, 5) is 10.5. The zero-order valence-corrected chi connectivity index (χ0v) is 11.6. The van der Waals surface area contributed by atoms with Crippen LogP contribution in [0.25, 0.3) is 0 Å². The van der Waals surface area contributed by atoms with Crippen molar-refractivity contribution >= 4 is 15.8 Å². The van der Waals surface area contributed by atoms with Gasteiger partial charge in [0.15, 0.2) is 9.84 Å². The van der Waals surface area contributed by atoms with Crippen LogP contribution in [0.15, 0.2) is 24.3 Å². The van der Waals surface area contributed by atoms with Crippen molar-refractivity contribution in [1.29, 1.82) is 0 Å². The van der Waals surface area contributed by atoms with Gasteiger partial charge in [0, 0.05) is 13.7 Å². The molecule has 0 amide bonds. The third-order valence-electron chi connectivity index (χ3n) is 2.57. The van der Waals surface area contributed by atoms with E-state index in [4.69, 9.17) is 9.84 Å². The fraction of sp³-hybridized carbons (Fsp3) is 0.462. The highest BCUT2D eigenvalue weighted by Gasteiger charge is 2.11. The molecule has 1 aromatic rings. The number of benzene rings is 1. The largest absolute Gasteiger partial charge is 0.481 e. The average Bonchev–Trinajstić information content (AvgIpc) is 2.31. The van der Waals surface area contributed by atoms with Crippen LogP contribution in [-0.4, -0.2) is 39.0 Å². The Morgan fingerprint density at radius 1 is 1.21 bits per heavy atom. The Kier molecular flexibility index (Phi) is 5.98. The summed E-state index contributed by atoms with van der Waals surface area (Å²) in [6, 6.07) is 6.61. The van der Waals surface area contributed by atoms with Crippen LogP contribution >= 0.6 is 0 Å². The highest BCUT2D eigenvalue weighted by molar-refractivity contribution is 7.90. The second kappa shape index (κ2) is 7.25. The first kappa shape index (κ1) is 15.7. The van der Waals surface area contributed by atoms with Crippen LogP contribution in [0.5, 0.6) is 0 Å². The Balaban J connectivity index is 2.59. The van der Waals surface area contributed by atoms with E-state index < -0.39 is 15.8 Å². The molecule has 0 spiro atoms. The van der Waals surface area contributed by atoms with Crippen molar-refractivity contribution in [3.05, 3.63) is 35.4 Å². The number of sulfone groups is 1. The van der Waals surface area contributed by atoms with Gasteiger partial charge in [-0.05, 0) is 17.5 Å². The van der Waals surface area contributed by atoms with Gasteiger partial charge in [-0.15, -0.1) is 0 Å². The molecular weight excluding hydrogens is 268 g/mol. The van der Waals surface area contributed by atoms with Crippen molar-refractivity contribution in [2.45, 2.75) is 18.6 Å². The first-order valence-electron chi connectivity index (χ1n) is 5.92. The lowest BCUT2D eigenvalue weighted by molar-refractivity contribution is -0.136. The van der Waals surface area contributed by atoms with E-state index in [2.05, 4.69) is 0 Å². The summed E-state index contributed by atoms with van der Waals surface area (Å²) in [6.45, 7) is 0.427. The minimum atomic E-state index is -3.14. The van der Waals surface area contributed by atoms with Crippen LogP contribution in [0.4, 0.5) is 0 Å². The van der Waals surface area contributed by atoms with Crippen molar-refractivity contribution in [2.24, 2.45) is 0 Å². The number of hydrogen-bond donors (Lipinski definition) is 1. The van der Waals surface area contributed by atoms with Crippen molar-refractivity contribution in [3.8, 4) is 0 Å². The van der Waals surface area contributed by atoms with Gasteiger partial charge in [0.2, 0.25) is 0 Å². The number of ether oxygens (including phenoxy) is 1. The number of aliphatic carboxylic acids is 1. The minimum Gasteiger partial charge on any atom is -0.481 e. The van der Waals surface area contributed by atoms with Gasteiger partial charge in [-0.25, -0.2) is 8.42 Å². The molecule has 0 fully saturated rings. The maximum atomic E-state index is 11.8.